The zero-order valence-corrected chi connectivity index (χ0v) is 14.6. The molecule has 0 radical (unpaired) electrons. The second kappa shape index (κ2) is 9.76. The maximum atomic E-state index is 11.9. The molecule has 3 N–H and O–H groups in total. The maximum Gasteiger partial charge on any atom is 0.325 e. The number of esters is 1. The van der Waals surface area contributed by atoms with E-state index in [2.05, 4.69) is 16.0 Å². The fourth-order valence-electron chi connectivity index (χ4n) is 2.04. The van der Waals surface area contributed by atoms with Crippen LogP contribution in [0.4, 0.5) is 5.69 Å². The second-order valence-corrected chi connectivity index (χ2v) is 5.31. The largest absolute Gasteiger partial charge is 0.459 e. The van der Waals surface area contributed by atoms with Crippen LogP contribution in [-0.2, 0) is 14.3 Å². The molecule has 1 aromatic carbocycles. The lowest BCUT2D eigenvalue weighted by Gasteiger charge is -2.08. The van der Waals surface area contributed by atoms with Crippen molar-refractivity contribution in [3.63, 3.8) is 0 Å². The van der Waals surface area contributed by atoms with Crippen LogP contribution in [0.15, 0.2) is 47.1 Å². The normalized spacial score (nSPS) is 9.96. The van der Waals surface area contributed by atoms with Gasteiger partial charge in [-0.25, -0.2) is 0 Å². The Morgan fingerprint density at radius 2 is 1.85 bits per heavy atom. The zero-order valence-electron chi connectivity index (χ0n) is 14.6. The van der Waals surface area contributed by atoms with Gasteiger partial charge in [0.15, 0.2) is 12.4 Å². The topological polar surface area (TPSA) is 127 Å². The van der Waals surface area contributed by atoms with Gasteiger partial charge in [-0.3, -0.25) is 19.2 Å². The first kappa shape index (κ1) is 19.7. The number of carbonyl (C=O) groups is 4. The monoisotopic (exact) mass is 373 g/mol. The molecule has 0 aliphatic rings. The van der Waals surface area contributed by atoms with Crippen LogP contribution in [0.25, 0.3) is 0 Å². The third kappa shape index (κ3) is 6.31. The Balaban J connectivity index is 1.75. The maximum absolute atomic E-state index is 11.9. The Morgan fingerprint density at radius 1 is 1.04 bits per heavy atom. The standard InChI is InChI=1S/C18H19N3O6/c1-2-19-17(24)12-5-3-6-13(9-12)21-15(22)11-27-16(23)10-20-18(25)14-7-4-8-26-14/h3-9H,2,10-11H2,1H3,(H,19,24)(H,20,25)(H,21,22). The van der Waals surface area contributed by atoms with Crippen LogP contribution < -0.4 is 16.0 Å². The van der Waals surface area contributed by atoms with Gasteiger partial charge in [0.25, 0.3) is 17.7 Å². The molecule has 142 valence electrons. The van der Waals surface area contributed by atoms with Crippen molar-refractivity contribution in [3.8, 4) is 0 Å². The molecule has 0 bridgehead atoms. The molecule has 0 aliphatic heterocycles. The Kier molecular flexibility index (Phi) is 7.12. The molecule has 9 nitrogen and oxygen atoms in total. The molecular weight excluding hydrogens is 354 g/mol. The molecule has 0 unspecified atom stereocenters. The minimum Gasteiger partial charge on any atom is -0.459 e. The lowest BCUT2D eigenvalue weighted by molar-refractivity contribution is -0.146. The van der Waals surface area contributed by atoms with Gasteiger partial charge in [-0.15, -0.1) is 0 Å². The molecule has 0 saturated heterocycles. The summed E-state index contributed by atoms with van der Waals surface area (Å²) in [4.78, 5) is 46.8. The highest BCUT2D eigenvalue weighted by Gasteiger charge is 2.13. The van der Waals surface area contributed by atoms with Gasteiger partial charge in [0.1, 0.15) is 6.54 Å². The lowest BCUT2D eigenvalue weighted by atomic mass is 10.2. The first-order valence-electron chi connectivity index (χ1n) is 8.15. The number of hydrogen-bond acceptors (Lipinski definition) is 6. The summed E-state index contributed by atoms with van der Waals surface area (Å²) >= 11 is 0. The summed E-state index contributed by atoms with van der Waals surface area (Å²) in [6.07, 6.45) is 1.33. The van der Waals surface area contributed by atoms with Crippen LogP contribution in [0.3, 0.4) is 0 Å². The minimum absolute atomic E-state index is 0.0625. The second-order valence-electron chi connectivity index (χ2n) is 5.31. The quantitative estimate of drug-likeness (QED) is 0.591. The first-order chi connectivity index (χ1) is 13.0. The SMILES string of the molecule is CCNC(=O)c1cccc(NC(=O)COC(=O)CNC(=O)c2ccco2)c1. The summed E-state index contributed by atoms with van der Waals surface area (Å²) in [5.74, 6) is -2.11. The summed E-state index contributed by atoms with van der Waals surface area (Å²) in [5, 5.41) is 7.48. The predicted molar refractivity (Wildman–Crippen MR) is 95.1 cm³/mol. The lowest BCUT2D eigenvalue weighted by Crippen LogP contribution is -2.32. The van der Waals surface area contributed by atoms with Crippen molar-refractivity contribution in [2.75, 3.05) is 25.0 Å². The van der Waals surface area contributed by atoms with E-state index in [0.29, 0.717) is 17.8 Å². The average molecular weight is 373 g/mol. The van der Waals surface area contributed by atoms with E-state index >= 15 is 0 Å². The summed E-state index contributed by atoms with van der Waals surface area (Å²) < 4.78 is 9.66. The first-order valence-corrected chi connectivity index (χ1v) is 8.15. The molecule has 0 atom stereocenters. The van der Waals surface area contributed by atoms with E-state index in [1.54, 1.807) is 31.2 Å². The molecule has 0 spiro atoms. The Labute approximate surface area is 155 Å². The van der Waals surface area contributed by atoms with Crippen molar-refractivity contribution in [1.29, 1.82) is 0 Å². The molecule has 27 heavy (non-hydrogen) atoms. The van der Waals surface area contributed by atoms with Crippen molar-refractivity contribution in [1.82, 2.24) is 10.6 Å². The number of nitrogens with one attached hydrogen (secondary N) is 3. The molecule has 2 rings (SSSR count). The Hall–Kier alpha value is -3.62. The number of hydrogen-bond donors (Lipinski definition) is 3. The van der Waals surface area contributed by atoms with E-state index in [4.69, 9.17) is 9.15 Å². The van der Waals surface area contributed by atoms with Crippen LogP contribution in [0, 0.1) is 0 Å². The highest BCUT2D eigenvalue weighted by molar-refractivity contribution is 5.98. The highest BCUT2D eigenvalue weighted by atomic mass is 16.5. The number of furan rings is 1. The molecule has 2 aromatic rings. The third-order valence-electron chi connectivity index (χ3n) is 3.25. The van der Waals surface area contributed by atoms with Crippen LogP contribution in [0.5, 0.6) is 0 Å². The number of anilines is 1. The van der Waals surface area contributed by atoms with Gasteiger partial charge in [-0.1, -0.05) is 6.07 Å². The van der Waals surface area contributed by atoms with E-state index in [-0.39, 0.29) is 11.7 Å². The average Bonchev–Trinajstić information content (AvgIpc) is 3.19. The molecule has 0 saturated carbocycles. The molecule has 0 aliphatic carbocycles. The van der Waals surface area contributed by atoms with Crippen LogP contribution >= 0.6 is 0 Å². The molecule has 1 heterocycles. The van der Waals surface area contributed by atoms with Crippen molar-refractivity contribution < 1.29 is 28.3 Å². The highest BCUT2D eigenvalue weighted by Crippen LogP contribution is 2.10. The summed E-state index contributed by atoms with van der Waals surface area (Å²) in [5.41, 5.74) is 0.790. The van der Waals surface area contributed by atoms with Crippen molar-refractivity contribution in [2.45, 2.75) is 6.92 Å². The number of carbonyl (C=O) groups excluding carboxylic acids is 4. The van der Waals surface area contributed by atoms with E-state index in [9.17, 15) is 19.2 Å². The van der Waals surface area contributed by atoms with E-state index in [1.165, 1.54) is 18.4 Å². The summed E-state index contributed by atoms with van der Waals surface area (Å²) in [7, 11) is 0. The van der Waals surface area contributed by atoms with Gasteiger partial charge in [0, 0.05) is 17.8 Å². The van der Waals surface area contributed by atoms with Gasteiger partial charge in [0.05, 0.1) is 6.26 Å². The van der Waals surface area contributed by atoms with Gasteiger partial charge in [0.2, 0.25) is 0 Å². The van der Waals surface area contributed by atoms with Crippen molar-refractivity contribution in [2.24, 2.45) is 0 Å². The van der Waals surface area contributed by atoms with E-state index < -0.39 is 30.9 Å². The smallest absolute Gasteiger partial charge is 0.325 e. The number of rotatable bonds is 8. The molecule has 1 aromatic heterocycles. The molecule has 0 fully saturated rings. The Morgan fingerprint density at radius 3 is 2.56 bits per heavy atom. The predicted octanol–water partition coefficient (Wildman–Crippen LogP) is 0.941. The molecule has 9 heteroatoms. The fourth-order valence-corrected chi connectivity index (χ4v) is 2.04. The summed E-state index contributed by atoms with van der Waals surface area (Å²) in [6.45, 7) is 1.36. The van der Waals surface area contributed by atoms with Crippen molar-refractivity contribution in [3.05, 3.63) is 54.0 Å². The number of benzene rings is 1. The summed E-state index contributed by atoms with van der Waals surface area (Å²) in [6, 6.07) is 9.33. The van der Waals surface area contributed by atoms with Crippen LogP contribution in [0.1, 0.15) is 27.8 Å². The molecule has 3 amide bonds. The third-order valence-corrected chi connectivity index (χ3v) is 3.25. The number of ether oxygens (including phenoxy) is 1. The van der Waals surface area contributed by atoms with Gasteiger partial charge in [-0.05, 0) is 37.3 Å². The van der Waals surface area contributed by atoms with Crippen LogP contribution in [0.2, 0.25) is 0 Å². The number of amides is 3. The minimum atomic E-state index is -0.777. The van der Waals surface area contributed by atoms with Gasteiger partial charge in [-0.2, -0.15) is 0 Å². The van der Waals surface area contributed by atoms with Crippen LogP contribution in [-0.4, -0.2) is 43.4 Å². The van der Waals surface area contributed by atoms with E-state index in [0.717, 1.165) is 0 Å². The van der Waals surface area contributed by atoms with Gasteiger partial charge < -0.3 is 25.1 Å². The van der Waals surface area contributed by atoms with E-state index in [1.807, 2.05) is 0 Å². The fraction of sp³-hybridized carbons (Fsp3) is 0.222. The zero-order chi connectivity index (χ0) is 19.6. The van der Waals surface area contributed by atoms with Crippen molar-refractivity contribution >= 4 is 29.4 Å². The molecular formula is C18H19N3O6. The van der Waals surface area contributed by atoms with Gasteiger partial charge >= 0.3 is 5.97 Å². The Bertz CT molecular complexity index is 816.